The highest BCUT2D eigenvalue weighted by Gasteiger charge is 2.09. The van der Waals surface area contributed by atoms with Gasteiger partial charge in [-0.1, -0.05) is 29.5 Å². The number of aryl methyl sites for hydroxylation is 3. The molecule has 142 valence electrons. The fourth-order valence-corrected chi connectivity index (χ4v) is 4.57. The topological polar surface area (TPSA) is 43.6 Å². The minimum absolute atomic E-state index is 0.124. The summed E-state index contributed by atoms with van der Waals surface area (Å²) in [6.07, 6.45) is 2.38. The van der Waals surface area contributed by atoms with Crippen LogP contribution in [0.5, 0.6) is 5.75 Å². The van der Waals surface area contributed by atoms with E-state index in [1.165, 1.54) is 10.3 Å². The second kappa shape index (κ2) is 8.76. The lowest BCUT2D eigenvalue weighted by atomic mass is 10.1. The number of nitrogens with zero attached hydrogens (tertiary/aromatic N) is 2. The van der Waals surface area contributed by atoms with E-state index < -0.39 is 0 Å². The number of benzene rings is 2. The third-order valence-corrected chi connectivity index (χ3v) is 6.02. The number of rotatable bonds is 6. The Kier molecular flexibility index (Phi) is 6.39. The van der Waals surface area contributed by atoms with Crippen LogP contribution in [0.3, 0.4) is 0 Å². The van der Waals surface area contributed by atoms with Crippen molar-refractivity contribution in [2.24, 2.45) is 4.99 Å². The number of hydrogen-bond donors (Lipinski definition) is 0. The molecule has 4 nitrogen and oxygen atoms in total. The molecule has 1 heterocycles. The van der Waals surface area contributed by atoms with E-state index >= 15 is 0 Å². The number of amides is 1. The van der Waals surface area contributed by atoms with Gasteiger partial charge >= 0.3 is 0 Å². The maximum atomic E-state index is 12.6. The van der Waals surface area contributed by atoms with Crippen LogP contribution in [0.4, 0.5) is 0 Å². The first-order valence-electron chi connectivity index (χ1n) is 8.82. The van der Waals surface area contributed by atoms with E-state index in [2.05, 4.69) is 40.9 Å². The van der Waals surface area contributed by atoms with Gasteiger partial charge in [-0.3, -0.25) is 4.79 Å². The molecule has 3 aromatic rings. The molecular weight excluding hydrogens is 376 g/mol. The van der Waals surface area contributed by atoms with Crippen molar-refractivity contribution in [1.29, 1.82) is 0 Å². The standard InChI is InChI=1S/C21H24N2O2S2/c1-14-5-7-17-19(11-14)27-21(23(17)9-10-26-4)22-20(24)13-16-6-8-18(25-3)15(2)12-16/h5-8,11-12H,9-10,13H2,1-4H3. The van der Waals surface area contributed by atoms with Crippen molar-refractivity contribution in [1.82, 2.24) is 4.57 Å². The number of aromatic nitrogens is 1. The van der Waals surface area contributed by atoms with Gasteiger partial charge in [-0.05, 0) is 55.0 Å². The third kappa shape index (κ3) is 4.62. The van der Waals surface area contributed by atoms with E-state index in [0.29, 0.717) is 6.42 Å². The van der Waals surface area contributed by atoms with Gasteiger partial charge in [0, 0.05) is 12.3 Å². The van der Waals surface area contributed by atoms with E-state index in [1.807, 2.05) is 25.1 Å². The average Bonchev–Trinajstić information content (AvgIpc) is 2.95. The number of carbonyl (C=O) groups excluding carboxylic acids is 1. The lowest BCUT2D eigenvalue weighted by Gasteiger charge is -2.06. The molecule has 2 aromatic carbocycles. The molecule has 0 spiro atoms. The predicted octanol–water partition coefficient (Wildman–Crippen LogP) is 4.36. The van der Waals surface area contributed by atoms with Crippen molar-refractivity contribution < 1.29 is 9.53 Å². The van der Waals surface area contributed by atoms with Crippen molar-refractivity contribution in [3.8, 4) is 5.75 Å². The van der Waals surface area contributed by atoms with Crippen LogP contribution in [-0.2, 0) is 17.8 Å². The second-order valence-electron chi connectivity index (χ2n) is 6.49. The highest BCUT2D eigenvalue weighted by atomic mass is 32.2. The molecule has 27 heavy (non-hydrogen) atoms. The van der Waals surface area contributed by atoms with Gasteiger partial charge in [0.2, 0.25) is 0 Å². The number of thioether (sulfide) groups is 1. The molecule has 0 unspecified atom stereocenters. The Morgan fingerprint density at radius 1 is 1.22 bits per heavy atom. The molecule has 0 fully saturated rings. The Hall–Kier alpha value is -2.05. The van der Waals surface area contributed by atoms with Gasteiger partial charge in [-0.2, -0.15) is 16.8 Å². The first-order chi connectivity index (χ1) is 13.0. The molecule has 0 aliphatic carbocycles. The van der Waals surface area contributed by atoms with E-state index in [9.17, 15) is 4.79 Å². The lowest BCUT2D eigenvalue weighted by Crippen LogP contribution is -2.18. The third-order valence-electron chi connectivity index (χ3n) is 4.39. The molecule has 0 radical (unpaired) electrons. The van der Waals surface area contributed by atoms with Crippen molar-refractivity contribution in [2.75, 3.05) is 19.1 Å². The summed E-state index contributed by atoms with van der Waals surface area (Å²) < 4.78 is 8.61. The fourth-order valence-electron chi connectivity index (χ4n) is 3.04. The Morgan fingerprint density at radius 3 is 2.74 bits per heavy atom. The Balaban J connectivity index is 1.93. The highest BCUT2D eigenvalue weighted by molar-refractivity contribution is 7.98. The summed E-state index contributed by atoms with van der Waals surface area (Å²) in [5, 5.41) is 0. The van der Waals surface area contributed by atoms with Crippen molar-refractivity contribution >= 4 is 39.2 Å². The molecular formula is C21H24N2O2S2. The predicted molar refractivity (Wildman–Crippen MR) is 115 cm³/mol. The number of ether oxygens (including phenoxy) is 1. The summed E-state index contributed by atoms with van der Waals surface area (Å²) in [7, 11) is 1.65. The van der Waals surface area contributed by atoms with Gasteiger partial charge in [0.15, 0.2) is 4.80 Å². The summed E-state index contributed by atoms with van der Waals surface area (Å²) in [4.78, 5) is 17.8. The summed E-state index contributed by atoms with van der Waals surface area (Å²) in [6.45, 7) is 4.91. The minimum Gasteiger partial charge on any atom is -0.496 e. The molecule has 0 aliphatic rings. The molecule has 1 amide bonds. The molecule has 0 bridgehead atoms. The van der Waals surface area contributed by atoms with Gasteiger partial charge in [0.05, 0.1) is 23.7 Å². The second-order valence-corrected chi connectivity index (χ2v) is 8.48. The Bertz CT molecular complexity index is 1030. The van der Waals surface area contributed by atoms with Crippen molar-refractivity contribution in [3.63, 3.8) is 0 Å². The first kappa shape index (κ1) is 19.7. The number of hydrogen-bond acceptors (Lipinski definition) is 4. The molecule has 6 heteroatoms. The van der Waals surface area contributed by atoms with Crippen LogP contribution in [0.1, 0.15) is 16.7 Å². The normalized spacial score (nSPS) is 11.9. The number of carbonyl (C=O) groups is 1. The first-order valence-corrected chi connectivity index (χ1v) is 11.0. The monoisotopic (exact) mass is 400 g/mol. The van der Waals surface area contributed by atoms with Gasteiger partial charge in [-0.15, -0.1) is 0 Å². The van der Waals surface area contributed by atoms with E-state index in [0.717, 1.165) is 39.5 Å². The van der Waals surface area contributed by atoms with Gasteiger partial charge < -0.3 is 9.30 Å². The minimum atomic E-state index is -0.124. The molecule has 3 rings (SSSR count). The van der Waals surface area contributed by atoms with Crippen LogP contribution in [0.2, 0.25) is 0 Å². The smallest absolute Gasteiger partial charge is 0.252 e. The Labute approximate surface area is 167 Å². The van der Waals surface area contributed by atoms with Crippen LogP contribution in [0.25, 0.3) is 10.2 Å². The maximum Gasteiger partial charge on any atom is 0.252 e. The van der Waals surface area contributed by atoms with E-state index in [1.54, 1.807) is 30.2 Å². The summed E-state index contributed by atoms with van der Waals surface area (Å²) in [6, 6.07) is 12.2. The quantitative estimate of drug-likeness (QED) is 0.617. The van der Waals surface area contributed by atoms with Crippen LogP contribution in [-0.4, -0.2) is 29.6 Å². The summed E-state index contributed by atoms with van der Waals surface area (Å²) >= 11 is 3.37. The van der Waals surface area contributed by atoms with E-state index in [-0.39, 0.29) is 5.91 Å². The fraction of sp³-hybridized carbons (Fsp3) is 0.333. The molecule has 0 N–H and O–H groups in total. The maximum absolute atomic E-state index is 12.6. The van der Waals surface area contributed by atoms with Crippen LogP contribution < -0.4 is 9.54 Å². The Morgan fingerprint density at radius 2 is 2.04 bits per heavy atom. The number of methoxy groups -OCH3 is 1. The van der Waals surface area contributed by atoms with Crippen molar-refractivity contribution in [2.45, 2.75) is 26.8 Å². The molecule has 1 aromatic heterocycles. The van der Waals surface area contributed by atoms with Gasteiger partial charge in [0.25, 0.3) is 5.91 Å². The molecule has 0 saturated heterocycles. The van der Waals surface area contributed by atoms with Crippen LogP contribution >= 0.6 is 23.1 Å². The molecule has 0 atom stereocenters. The zero-order valence-electron chi connectivity index (χ0n) is 16.1. The highest BCUT2D eigenvalue weighted by Crippen LogP contribution is 2.20. The average molecular weight is 401 g/mol. The van der Waals surface area contributed by atoms with Crippen LogP contribution in [0.15, 0.2) is 41.4 Å². The molecule has 0 aliphatic heterocycles. The SMILES string of the molecule is COc1ccc(CC(=O)N=c2sc3cc(C)ccc3n2CCSC)cc1C. The van der Waals surface area contributed by atoms with Gasteiger partial charge in [0.1, 0.15) is 5.75 Å². The zero-order valence-corrected chi connectivity index (χ0v) is 17.7. The zero-order chi connectivity index (χ0) is 19.4. The van der Waals surface area contributed by atoms with Gasteiger partial charge in [-0.25, -0.2) is 0 Å². The van der Waals surface area contributed by atoms with Crippen molar-refractivity contribution in [3.05, 3.63) is 57.9 Å². The summed E-state index contributed by atoms with van der Waals surface area (Å²) in [5.74, 6) is 1.69. The lowest BCUT2D eigenvalue weighted by molar-refractivity contribution is -0.117. The van der Waals surface area contributed by atoms with E-state index in [4.69, 9.17) is 4.74 Å². The number of fused-ring (bicyclic) bond motifs is 1. The van der Waals surface area contributed by atoms with Crippen LogP contribution in [0, 0.1) is 13.8 Å². The molecule has 0 saturated carbocycles. The number of thiazole rings is 1. The summed E-state index contributed by atoms with van der Waals surface area (Å²) in [5.41, 5.74) is 4.34. The largest absolute Gasteiger partial charge is 0.496 e.